The predicted molar refractivity (Wildman–Crippen MR) is 407 cm³/mol. The Morgan fingerprint density at radius 3 is 1.01 bits per heavy atom. The molecule has 1 aliphatic heterocycles. The zero-order valence-electron chi connectivity index (χ0n) is 65.8. The van der Waals surface area contributed by atoms with Gasteiger partial charge in [-0.2, -0.15) is 0 Å². The molecule has 0 aromatic carbocycles. The summed E-state index contributed by atoms with van der Waals surface area (Å²) in [5, 5.41) is 26.9. The van der Waals surface area contributed by atoms with Gasteiger partial charge in [0, 0.05) is 19.3 Å². The van der Waals surface area contributed by atoms with Gasteiger partial charge >= 0.3 is 37.7 Å². The van der Waals surface area contributed by atoms with Gasteiger partial charge in [-0.05, 0) is 57.8 Å². The average molecular weight is 1490 g/mol. The molecule has 1 fully saturated rings. The Kier molecular flexibility index (Phi) is 62.8. The first-order chi connectivity index (χ1) is 49.8. The molecule has 0 radical (unpaired) electrons. The molecule has 1 rings (SSSR count). The van der Waals surface area contributed by atoms with Crippen LogP contribution in [0, 0.1) is 0 Å². The molecule has 9 atom stereocenters. The zero-order valence-corrected chi connectivity index (χ0v) is 66.7. The summed E-state index contributed by atoms with van der Waals surface area (Å²) in [7, 11) is -5.56. The zero-order chi connectivity index (χ0) is 75.8. The molecule has 0 aromatic heterocycles. The SMILES string of the molecule is CCCCCCCCCCC[C@H](CC(=O)N[C@@H](CO[C@@H]1OC(CO)[C@@H](OP(=O)(O)O)C(OC(=O)C[C@@H](CCCCCCCCCCC)OC(=O)CCCCCCCCC)[C@@H]1NC(=O)C[C@@H](CCCCCCCCCCC)OC(=O)CCCCCCCCC)C(=O)O)OC(=O)CCCCCCCCC. The molecule has 0 spiro atoms. The van der Waals surface area contributed by atoms with Gasteiger partial charge in [0.1, 0.15) is 36.6 Å². The lowest BCUT2D eigenvalue weighted by Crippen LogP contribution is -2.66. The molecule has 0 aliphatic carbocycles. The fraction of sp³-hybridized carbons (Fsp3) is 0.914. The van der Waals surface area contributed by atoms with Gasteiger partial charge in [0.05, 0.1) is 32.5 Å². The minimum absolute atomic E-state index is 0.125. The number of amides is 2. The van der Waals surface area contributed by atoms with Crippen molar-refractivity contribution in [3.05, 3.63) is 0 Å². The van der Waals surface area contributed by atoms with E-state index in [1.165, 1.54) is 44.9 Å². The summed E-state index contributed by atoms with van der Waals surface area (Å²) in [6, 6.07) is -3.60. The van der Waals surface area contributed by atoms with E-state index in [2.05, 4.69) is 52.2 Å². The van der Waals surface area contributed by atoms with E-state index in [1.807, 2.05) is 0 Å². The third-order valence-electron chi connectivity index (χ3n) is 19.7. The second-order valence-corrected chi connectivity index (χ2v) is 30.7. The van der Waals surface area contributed by atoms with Crippen molar-refractivity contribution in [3.8, 4) is 0 Å². The molecule has 22 heteroatoms. The number of phosphoric acid groups is 1. The third kappa shape index (κ3) is 55.4. The number of nitrogens with one attached hydrogen (secondary N) is 2. The van der Waals surface area contributed by atoms with E-state index >= 15 is 0 Å². The summed E-state index contributed by atoms with van der Waals surface area (Å²) < 4.78 is 54.9. The van der Waals surface area contributed by atoms with Crippen LogP contribution in [0.5, 0.6) is 0 Å². The molecule has 6 N–H and O–H groups in total. The molecule has 604 valence electrons. The molecule has 1 aliphatic rings. The summed E-state index contributed by atoms with van der Waals surface area (Å²) in [5.74, 6) is -5.54. The number of ether oxygens (including phenoxy) is 6. The minimum Gasteiger partial charge on any atom is -0.480 e. The monoisotopic (exact) mass is 1490 g/mol. The van der Waals surface area contributed by atoms with Crippen molar-refractivity contribution in [2.24, 2.45) is 0 Å². The molecule has 1 saturated heterocycles. The number of carboxylic acids is 1. The van der Waals surface area contributed by atoms with Crippen LogP contribution in [-0.4, -0.2) is 130 Å². The molecule has 2 amide bonds. The van der Waals surface area contributed by atoms with Crippen LogP contribution in [0.1, 0.15) is 408 Å². The summed E-state index contributed by atoms with van der Waals surface area (Å²) in [5.41, 5.74) is 0. The maximum Gasteiger partial charge on any atom is 0.470 e. The summed E-state index contributed by atoms with van der Waals surface area (Å²) in [6.45, 7) is 11.1. The molecule has 0 bridgehead atoms. The quantitative estimate of drug-likeness (QED) is 0.0143. The second kappa shape index (κ2) is 66.5. The van der Waals surface area contributed by atoms with Crippen molar-refractivity contribution in [3.63, 3.8) is 0 Å². The smallest absolute Gasteiger partial charge is 0.470 e. The van der Waals surface area contributed by atoms with E-state index in [0.717, 1.165) is 225 Å². The Hall–Kier alpha value is -3.72. The Labute approximate surface area is 624 Å². The topological polar surface area (TPSA) is 306 Å². The first kappa shape index (κ1) is 97.3. The van der Waals surface area contributed by atoms with Gasteiger partial charge in [-0.3, -0.25) is 33.3 Å². The molecule has 103 heavy (non-hydrogen) atoms. The van der Waals surface area contributed by atoms with Crippen LogP contribution in [0.15, 0.2) is 0 Å². The van der Waals surface area contributed by atoms with Crippen molar-refractivity contribution in [1.29, 1.82) is 0 Å². The van der Waals surface area contributed by atoms with Gasteiger partial charge in [-0.15, -0.1) is 0 Å². The summed E-state index contributed by atoms with van der Waals surface area (Å²) in [6.07, 6.45) is 38.1. The van der Waals surface area contributed by atoms with E-state index in [9.17, 15) is 58.1 Å². The van der Waals surface area contributed by atoms with Crippen molar-refractivity contribution >= 4 is 49.5 Å². The number of aliphatic hydroxyl groups excluding tert-OH is 1. The Balaban J connectivity index is 3.85. The van der Waals surface area contributed by atoms with Gasteiger partial charge in [0.2, 0.25) is 11.8 Å². The number of rotatable bonds is 73. The Morgan fingerprint density at radius 2 is 0.699 bits per heavy atom. The van der Waals surface area contributed by atoms with Crippen molar-refractivity contribution in [1.82, 2.24) is 10.6 Å². The van der Waals surface area contributed by atoms with Crippen LogP contribution in [0.4, 0.5) is 0 Å². The second-order valence-electron chi connectivity index (χ2n) is 29.5. The van der Waals surface area contributed by atoms with E-state index < -0.39 is 131 Å². The van der Waals surface area contributed by atoms with E-state index in [4.69, 9.17) is 32.9 Å². The number of carbonyl (C=O) groups excluding carboxylic acids is 6. The highest BCUT2D eigenvalue weighted by Gasteiger charge is 2.52. The number of esters is 4. The highest BCUT2D eigenvalue weighted by molar-refractivity contribution is 7.46. The molecule has 21 nitrogen and oxygen atoms in total. The normalized spacial score (nSPS) is 17.3. The summed E-state index contributed by atoms with van der Waals surface area (Å²) >= 11 is 0. The molecular formula is C81H151N2O19P. The minimum atomic E-state index is -5.56. The van der Waals surface area contributed by atoms with Gasteiger partial charge in [0.25, 0.3) is 0 Å². The maximum atomic E-state index is 14.8. The first-order valence-corrected chi connectivity index (χ1v) is 43.6. The van der Waals surface area contributed by atoms with E-state index in [-0.39, 0.29) is 32.1 Å². The molecule has 1 heterocycles. The number of carbonyl (C=O) groups is 7. The lowest BCUT2D eigenvalue weighted by molar-refractivity contribution is -0.272. The molecule has 0 saturated carbocycles. The van der Waals surface area contributed by atoms with Crippen molar-refractivity contribution in [2.45, 2.75) is 463 Å². The molecule has 2 unspecified atom stereocenters. The average Bonchev–Trinajstić information content (AvgIpc) is 0.781. The number of unbranched alkanes of at least 4 members (excludes halogenated alkanes) is 42. The fourth-order valence-electron chi connectivity index (χ4n) is 13.5. The van der Waals surface area contributed by atoms with Gasteiger partial charge in [-0.25, -0.2) is 9.36 Å². The number of carboxylic acid groups (broad SMARTS) is 1. The van der Waals surface area contributed by atoms with Crippen LogP contribution in [0.25, 0.3) is 0 Å². The van der Waals surface area contributed by atoms with E-state index in [1.54, 1.807) is 0 Å². The number of aliphatic hydroxyl groups is 1. The van der Waals surface area contributed by atoms with Crippen LogP contribution in [-0.2, 0) is 71.1 Å². The van der Waals surface area contributed by atoms with Crippen LogP contribution in [0.3, 0.4) is 0 Å². The number of hydrogen-bond acceptors (Lipinski definition) is 16. The molecular weight excluding hydrogens is 1340 g/mol. The highest BCUT2D eigenvalue weighted by Crippen LogP contribution is 2.42. The van der Waals surface area contributed by atoms with Crippen LogP contribution >= 0.6 is 7.82 Å². The number of hydrogen-bond donors (Lipinski definition) is 6. The number of aliphatic carboxylic acids is 1. The van der Waals surface area contributed by atoms with Gasteiger partial charge in [0.15, 0.2) is 18.4 Å². The standard InChI is InChI=1S/C81H151N2O19P/c1-7-13-19-25-31-34-40-43-49-55-66(97-73(87)58-52-46-37-28-22-16-10-4)61-71(85)82-69(80(91)92)65-96-81-77(83-72(86)62-67(56-50-44-41-35-32-26-20-14-8-2)98-74(88)59-53-47-38-29-23-17-11-5)79(78(70(64-84)100-81)102-103(93,94)95)101-76(90)63-68(57-51-45-42-36-33-27-21-15-9-3)99-75(89)60-54-48-39-30-24-18-12-6/h66-70,77-79,81,84H,7-65H2,1-6H3,(H,82,85)(H,83,86)(H,91,92)(H2,93,94,95)/t66-,67-,68-,69+,70?,77+,78-,79?,81-/m1/s1. The summed E-state index contributed by atoms with van der Waals surface area (Å²) in [4.78, 5) is 118. The van der Waals surface area contributed by atoms with Gasteiger partial charge < -0.3 is 59.1 Å². The van der Waals surface area contributed by atoms with Crippen molar-refractivity contribution in [2.75, 3.05) is 13.2 Å². The lowest BCUT2D eigenvalue weighted by atomic mass is 9.95. The lowest BCUT2D eigenvalue weighted by Gasteiger charge is -2.45. The van der Waals surface area contributed by atoms with Crippen molar-refractivity contribution < 1.29 is 91.1 Å². The largest absolute Gasteiger partial charge is 0.480 e. The fourth-order valence-corrected chi connectivity index (χ4v) is 14.1. The maximum absolute atomic E-state index is 14.8. The van der Waals surface area contributed by atoms with Crippen LogP contribution in [0.2, 0.25) is 0 Å². The predicted octanol–water partition coefficient (Wildman–Crippen LogP) is 19.3. The first-order valence-electron chi connectivity index (χ1n) is 42.1. The Bertz CT molecular complexity index is 2170. The third-order valence-corrected chi connectivity index (χ3v) is 20.2. The van der Waals surface area contributed by atoms with Crippen LogP contribution < -0.4 is 10.6 Å². The van der Waals surface area contributed by atoms with E-state index in [0.29, 0.717) is 51.4 Å². The highest BCUT2D eigenvalue weighted by atomic mass is 31.2. The van der Waals surface area contributed by atoms with Gasteiger partial charge in [-0.1, -0.05) is 311 Å². The molecule has 0 aromatic rings. The Morgan fingerprint density at radius 1 is 0.398 bits per heavy atom. The number of phosphoric ester groups is 1.